The molecule has 4 heterocycles. The number of carbonyl (C=O) groups excluding carboxylic acids is 2. The van der Waals surface area contributed by atoms with Gasteiger partial charge in [-0.05, 0) is 68.9 Å². The number of unbranched alkanes of at least 4 members (excludes halogenated alkanes) is 1. The molecular weight excluding hydrogens is 496 g/mol. The molecule has 0 N–H and O–H groups in total. The molecule has 1 aliphatic rings. The van der Waals surface area contributed by atoms with Crippen molar-refractivity contribution in [3.05, 3.63) is 76.0 Å². The Morgan fingerprint density at radius 2 is 1.95 bits per heavy atom. The number of ether oxygens (including phenoxy) is 1. The van der Waals surface area contributed by atoms with Gasteiger partial charge in [-0.2, -0.15) is 4.99 Å². The first-order chi connectivity index (χ1) is 19.0. The topological polar surface area (TPSA) is 108 Å². The monoisotopic (exact) mass is 530 g/mol. The molecule has 0 aliphatic heterocycles. The van der Waals surface area contributed by atoms with Crippen molar-refractivity contribution in [3.8, 4) is 0 Å². The fraction of sp³-hybridized carbons (Fsp3) is 0.433. The molecule has 1 saturated carbocycles. The summed E-state index contributed by atoms with van der Waals surface area (Å²) in [7, 11) is 0. The maximum absolute atomic E-state index is 13.5. The molecular formula is C30H34N4O5. The summed E-state index contributed by atoms with van der Waals surface area (Å²) in [6, 6.07) is 10.3. The first-order valence-electron chi connectivity index (χ1n) is 13.8. The summed E-state index contributed by atoms with van der Waals surface area (Å²) in [5, 5.41) is 0.219. The van der Waals surface area contributed by atoms with Crippen LogP contribution in [0.3, 0.4) is 0 Å². The van der Waals surface area contributed by atoms with Crippen molar-refractivity contribution in [2.24, 2.45) is 16.8 Å². The molecule has 4 aromatic rings. The number of carbonyl (C=O) groups is 2. The summed E-state index contributed by atoms with van der Waals surface area (Å²) < 4.78 is 14.0. The maximum atomic E-state index is 13.5. The van der Waals surface area contributed by atoms with Gasteiger partial charge < -0.3 is 13.7 Å². The van der Waals surface area contributed by atoms with E-state index in [1.54, 1.807) is 54.3 Å². The van der Waals surface area contributed by atoms with E-state index in [1.807, 2.05) is 0 Å². The standard InChI is InChI=1S/C30H34N4O5/c1-3-5-9-20-12-14-21(15-13-20)28(35)32-27-24(30(37)38-4-2)18-23-26(34(27)19-22-10-8-17-39-22)31-25-11-6-7-16-33(25)29(23)36/h6-8,10-11,16-18,20-21H,3-5,9,12-15,19H2,1-2H3. The Kier molecular flexibility index (Phi) is 8.05. The van der Waals surface area contributed by atoms with Crippen LogP contribution >= 0.6 is 0 Å². The SMILES string of the molecule is CCCCC1CCC(C(=O)N=c2c(C(=O)OCC)cc3c(=O)n4ccccc4nc3n2Cc2ccco2)CC1. The molecule has 0 atom stereocenters. The van der Waals surface area contributed by atoms with Gasteiger partial charge in [-0.1, -0.05) is 32.3 Å². The molecule has 0 bridgehead atoms. The smallest absolute Gasteiger partial charge is 0.341 e. The molecule has 39 heavy (non-hydrogen) atoms. The number of hydrogen-bond acceptors (Lipinski definition) is 6. The zero-order valence-corrected chi connectivity index (χ0v) is 22.5. The Labute approximate surface area is 226 Å². The van der Waals surface area contributed by atoms with Gasteiger partial charge in [0, 0.05) is 12.1 Å². The summed E-state index contributed by atoms with van der Waals surface area (Å²) in [4.78, 5) is 49.5. The van der Waals surface area contributed by atoms with Crippen LogP contribution in [-0.4, -0.2) is 32.4 Å². The second kappa shape index (κ2) is 11.8. The van der Waals surface area contributed by atoms with Crippen LogP contribution in [0.15, 0.2) is 63.1 Å². The van der Waals surface area contributed by atoms with E-state index in [2.05, 4.69) is 11.9 Å². The number of nitrogens with zero attached hydrogens (tertiary/aromatic N) is 4. The zero-order chi connectivity index (χ0) is 27.4. The first-order valence-corrected chi connectivity index (χ1v) is 13.8. The number of esters is 1. The molecule has 0 radical (unpaired) electrons. The molecule has 4 aromatic heterocycles. The lowest BCUT2D eigenvalue weighted by Gasteiger charge is -2.26. The summed E-state index contributed by atoms with van der Waals surface area (Å²) in [6.07, 6.45) is 10.3. The lowest BCUT2D eigenvalue weighted by Crippen LogP contribution is -2.34. The van der Waals surface area contributed by atoms with E-state index in [9.17, 15) is 14.4 Å². The molecule has 9 nitrogen and oxygen atoms in total. The van der Waals surface area contributed by atoms with Crippen molar-refractivity contribution in [1.82, 2.24) is 14.0 Å². The molecule has 1 amide bonds. The van der Waals surface area contributed by atoms with Gasteiger partial charge in [0.2, 0.25) is 0 Å². The third-order valence-corrected chi connectivity index (χ3v) is 7.56. The molecule has 0 aromatic carbocycles. The second-order valence-electron chi connectivity index (χ2n) is 10.2. The second-order valence-corrected chi connectivity index (χ2v) is 10.2. The Morgan fingerprint density at radius 1 is 1.13 bits per heavy atom. The van der Waals surface area contributed by atoms with Crippen LogP contribution in [0.2, 0.25) is 0 Å². The quantitative estimate of drug-likeness (QED) is 0.237. The third kappa shape index (κ3) is 5.57. The van der Waals surface area contributed by atoms with Gasteiger partial charge in [0.05, 0.1) is 24.8 Å². The Hall–Kier alpha value is -4.01. The number of hydrogen-bond donors (Lipinski definition) is 0. The molecule has 0 unspecified atom stereocenters. The van der Waals surface area contributed by atoms with Crippen LogP contribution in [0.25, 0.3) is 16.7 Å². The highest BCUT2D eigenvalue weighted by Crippen LogP contribution is 2.32. The van der Waals surface area contributed by atoms with Crippen LogP contribution in [0, 0.1) is 11.8 Å². The summed E-state index contributed by atoms with van der Waals surface area (Å²) in [6.45, 7) is 4.17. The average molecular weight is 531 g/mol. The Morgan fingerprint density at radius 3 is 2.67 bits per heavy atom. The van der Waals surface area contributed by atoms with Crippen molar-refractivity contribution in [1.29, 1.82) is 0 Å². The molecule has 1 aliphatic carbocycles. The molecule has 9 heteroatoms. The van der Waals surface area contributed by atoms with Crippen LogP contribution in [0.1, 0.15) is 74.9 Å². The van der Waals surface area contributed by atoms with Crippen LogP contribution in [0.5, 0.6) is 0 Å². The van der Waals surface area contributed by atoms with Gasteiger partial charge in [-0.15, -0.1) is 0 Å². The third-order valence-electron chi connectivity index (χ3n) is 7.56. The number of aromatic nitrogens is 3. The van der Waals surface area contributed by atoms with Crippen LogP contribution < -0.4 is 11.0 Å². The number of amides is 1. The molecule has 5 rings (SSSR count). The lowest BCUT2D eigenvalue weighted by molar-refractivity contribution is -0.123. The van der Waals surface area contributed by atoms with Crippen molar-refractivity contribution in [2.75, 3.05) is 6.61 Å². The fourth-order valence-corrected chi connectivity index (χ4v) is 5.45. The van der Waals surface area contributed by atoms with E-state index < -0.39 is 5.97 Å². The summed E-state index contributed by atoms with van der Waals surface area (Å²) in [5.74, 6) is 0.0946. The largest absolute Gasteiger partial charge is 0.467 e. The van der Waals surface area contributed by atoms with E-state index in [1.165, 1.54) is 29.7 Å². The number of furan rings is 1. The average Bonchev–Trinajstić information content (AvgIpc) is 3.47. The fourth-order valence-electron chi connectivity index (χ4n) is 5.45. The van der Waals surface area contributed by atoms with Gasteiger partial charge in [0.25, 0.3) is 11.5 Å². The number of fused-ring (bicyclic) bond motifs is 2. The maximum Gasteiger partial charge on any atom is 0.341 e. The minimum absolute atomic E-state index is 0.0515. The Balaban J connectivity index is 1.69. The minimum Gasteiger partial charge on any atom is -0.467 e. The van der Waals surface area contributed by atoms with E-state index in [0.29, 0.717) is 23.0 Å². The van der Waals surface area contributed by atoms with Gasteiger partial charge in [0.15, 0.2) is 5.49 Å². The van der Waals surface area contributed by atoms with Gasteiger partial charge in [0.1, 0.15) is 22.6 Å². The van der Waals surface area contributed by atoms with E-state index in [-0.39, 0.29) is 47.0 Å². The van der Waals surface area contributed by atoms with Crippen molar-refractivity contribution >= 4 is 28.6 Å². The van der Waals surface area contributed by atoms with Crippen molar-refractivity contribution < 1.29 is 18.7 Å². The van der Waals surface area contributed by atoms with E-state index in [0.717, 1.165) is 25.7 Å². The van der Waals surface area contributed by atoms with Crippen molar-refractivity contribution in [3.63, 3.8) is 0 Å². The summed E-state index contributed by atoms with van der Waals surface area (Å²) >= 11 is 0. The predicted molar refractivity (Wildman–Crippen MR) is 146 cm³/mol. The van der Waals surface area contributed by atoms with Crippen LogP contribution in [0.4, 0.5) is 0 Å². The number of rotatable bonds is 8. The highest BCUT2D eigenvalue weighted by atomic mass is 16.5. The highest BCUT2D eigenvalue weighted by Gasteiger charge is 2.27. The van der Waals surface area contributed by atoms with E-state index >= 15 is 0 Å². The van der Waals surface area contributed by atoms with Crippen molar-refractivity contribution in [2.45, 2.75) is 65.3 Å². The highest BCUT2D eigenvalue weighted by molar-refractivity contribution is 5.94. The minimum atomic E-state index is -0.653. The summed E-state index contributed by atoms with van der Waals surface area (Å²) in [5.41, 5.74) is 0.594. The zero-order valence-electron chi connectivity index (χ0n) is 22.5. The Bertz CT molecular complexity index is 1610. The molecule has 0 saturated heterocycles. The predicted octanol–water partition coefficient (Wildman–Crippen LogP) is 4.89. The number of pyridine rings is 2. The first kappa shape index (κ1) is 26.6. The van der Waals surface area contributed by atoms with Gasteiger partial charge >= 0.3 is 5.97 Å². The normalized spacial score (nSPS) is 18.1. The lowest BCUT2D eigenvalue weighted by atomic mass is 9.79. The molecule has 0 spiro atoms. The molecule has 204 valence electrons. The van der Waals surface area contributed by atoms with Gasteiger partial charge in [-0.3, -0.25) is 14.0 Å². The van der Waals surface area contributed by atoms with E-state index in [4.69, 9.17) is 14.1 Å². The molecule has 1 fully saturated rings. The van der Waals surface area contributed by atoms with Crippen LogP contribution in [-0.2, 0) is 16.1 Å². The van der Waals surface area contributed by atoms with Gasteiger partial charge in [-0.25, -0.2) is 9.78 Å².